The monoisotopic (exact) mass is 257 g/mol. The molecule has 0 atom stereocenters. The number of nitrogens with zero attached hydrogens (tertiary/aromatic N) is 1. The van der Waals surface area contributed by atoms with E-state index >= 15 is 0 Å². The van der Waals surface area contributed by atoms with E-state index in [4.69, 9.17) is 21.1 Å². The number of methoxy groups -OCH3 is 1. The van der Waals surface area contributed by atoms with Crippen molar-refractivity contribution in [3.05, 3.63) is 22.6 Å². The Balaban J connectivity index is 3.01. The Morgan fingerprint density at radius 2 is 2.18 bits per heavy atom. The molecule has 0 aromatic heterocycles. The second-order valence-electron chi connectivity index (χ2n) is 3.16. The summed E-state index contributed by atoms with van der Waals surface area (Å²) >= 11 is 5.52. The SMILES string of the molecule is COc1cc(C=O)c(N=O)cc1OCCCCl. The Morgan fingerprint density at radius 3 is 2.71 bits per heavy atom. The molecule has 0 bridgehead atoms. The minimum atomic E-state index is 0.0293. The first-order valence-electron chi connectivity index (χ1n) is 4.96. The molecule has 0 aliphatic rings. The zero-order valence-corrected chi connectivity index (χ0v) is 10.1. The fourth-order valence-electron chi connectivity index (χ4n) is 1.25. The average Bonchev–Trinajstić information content (AvgIpc) is 2.38. The van der Waals surface area contributed by atoms with Gasteiger partial charge in [-0.1, -0.05) is 0 Å². The average molecular weight is 258 g/mol. The Labute approximate surface area is 104 Å². The number of ether oxygens (including phenoxy) is 2. The van der Waals surface area contributed by atoms with E-state index < -0.39 is 0 Å². The molecule has 5 nitrogen and oxygen atoms in total. The molecule has 0 fully saturated rings. The van der Waals surface area contributed by atoms with Gasteiger partial charge in [-0.3, -0.25) is 4.79 Å². The number of aldehydes is 1. The molecule has 1 aromatic carbocycles. The van der Waals surface area contributed by atoms with Crippen molar-refractivity contribution in [2.75, 3.05) is 19.6 Å². The molecule has 1 rings (SSSR count). The summed E-state index contributed by atoms with van der Waals surface area (Å²) in [4.78, 5) is 21.3. The van der Waals surface area contributed by atoms with Gasteiger partial charge >= 0.3 is 0 Å². The predicted molar refractivity (Wildman–Crippen MR) is 64.7 cm³/mol. The Bertz CT molecular complexity index is 409. The summed E-state index contributed by atoms with van der Waals surface area (Å²) in [7, 11) is 1.45. The number of hydrogen-bond donors (Lipinski definition) is 0. The van der Waals surface area contributed by atoms with Crippen LogP contribution in [0.4, 0.5) is 5.69 Å². The third kappa shape index (κ3) is 3.42. The maximum Gasteiger partial charge on any atom is 0.163 e. The topological polar surface area (TPSA) is 65.0 Å². The number of carbonyl (C=O) groups excluding carboxylic acids is 1. The number of nitroso groups, excluding NO2 is 1. The van der Waals surface area contributed by atoms with Crippen molar-refractivity contribution in [1.82, 2.24) is 0 Å². The molecule has 6 heteroatoms. The lowest BCUT2D eigenvalue weighted by molar-refractivity contribution is 0.112. The molecule has 0 heterocycles. The molecule has 0 saturated heterocycles. The zero-order chi connectivity index (χ0) is 12.7. The first kappa shape index (κ1) is 13.4. The van der Waals surface area contributed by atoms with Crippen molar-refractivity contribution in [2.45, 2.75) is 6.42 Å². The van der Waals surface area contributed by atoms with Crippen LogP contribution in [0.5, 0.6) is 11.5 Å². The molecular weight excluding hydrogens is 246 g/mol. The van der Waals surface area contributed by atoms with Gasteiger partial charge in [-0.05, 0) is 17.7 Å². The van der Waals surface area contributed by atoms with Crippen LogP contribution in [0, 0.1) is 4.91 Å². The van der Waals surface area contributed by atoms with E-state index in [1.807, 2.05) is 0 Å². The summed E-state index contributed by atoms with van der Waals surface area (Å²) in [5, 5.41) is 2.76. The van der Waals surface area contributed by atoms with Crippen LogP contribution >= 0.6 is 11.6 Å². The fraction of sp³-hybridized carbons (Fsp3) is 0.364. The van der Waals surface area contributed by atoms with Gasteiger partial charge in [0.15, 0.2) is 17.8 Å². The van der Waals surface area contributed by atoms with E-state index in [2.05, 4.69) is 5.18 Å². The summed E-state index contributed by atoms with van der Waals surface area (Å²) in [6.45, 7) is 0.401. The van der Waals surface area contributed by atoms with Gasteiger partial charge in [-0.15, -0.1) is 16.5 Å². The van der Waals surface area contributed by atoms with E-state index in [0.717, 1.165) is 0 Å². The van der Waals surface area contributed by atoms with Crippen LogP contribution in [0.25, 0.3) is 0 Å². The molecule has 92 valence electrons. The van der Waals surface area contributed by atoms with E-state index in [9.17, 15) is 9.70 Å². The summed E-state index contributed by atoms with van der Waals surface area (Å²) in [5.74, 6) is 1.24. The van der Waals surface area contributed by atoms with Crippen LogP contribution in [0.3, 0.4) is 0 Å². The van der Waals surface area contributed by atoms with Crippen LogP contribution in [0.15, 0.2) is 17.3 Å². The van der Waals surface area contributed by atoms with Crippen molar-refractivity contribution in [3.63, 3.8) is 0 Å². The molecule has 0 N–H and O–H groups in total. The lowest BCUT2D eigenvalue weighted by Gasteiger charge is -2.11. The van der Waals surface area contributed by atoms with Crippen LogP contribution in [0.1, 0.15) is 16.8 Å². The third-order valence-corrected chi connectivity index (χ3v) is 2.34. The molecule has 0 unspecified atom stereocenters. The highest BCUT2D eigenvalue weighted by molar-refractivity contribution is 6.17. The Morgan fingerprint density at radius 1 is 1.41 bits per heavy atom. The van der Waals surface area contributed by atoms with E-state index in [1.54, 1.807) is 0 Å². The second-order valence-corrected chi connectivity index (χ2v) is 3.54. The highest BCUT2D eigenvalue weighted by Crippen LogP contribution is 2.34. The van der Waals surface area contributed by atoms with Crippen molar-refractivity contribution in [3.8, 4) is 11.5 Å². The van der Waals surface area contributed by atoms with Crippen LogP contribution in [-0.4, -0.2) is 25.9 Å². The van der Waals surface area contributed by atoms with E-state index in [1.165, 1.54) is 19.2 Å². The summed E-state index contributed by atoms with van der Waals surface area (Å²) in [6.07, 6.45) is 1.21. The van der Waals surface area contributed by atoms with Crippen molar-refractivity contribution in [1.29, 1.82) is 0 Å². The molecule has 0 aliphatic carbocycles. The van der Waals surface area contributed by atoms with Gasteiger partial charge in [0, 0.05) is 17.5 Å². The van der Waals surface area contributed by atoms with Gasteiger partial charge in [0.05, 0.1) is 13.7 Å². The molecule has 17 heavy (non-hydrogen) atoms. The van der Waals surface area contributed by atoms with Crippen molar-refractivity contribution < 1.29 is 14.3 Å². The highest BCUT2D eigenvalue weighted by atomic mass is 35.5. The summed E-state index contributed by atoms with van der Waals surface area (Å²) in [5.41, 5.74) is 0.197. The zero-order valence-electron chi connectivity index (χ0n) is 9.31. The minimum absolute atomic E-state index is 0.0293. The number of hydrogen-bond acceptors (Lipinski definition) is 5. The van der Waals surface area contributed by atoms with E-state index in [0.29, 0.717) is 36.7 Å². The third-order valence-electron chi connectivity index (χ3n) is 2.07. The highest BCUT2D eigenvalue weighted by Gasteiger charge is 2.11. The molecule has 0 aliphatic heterocycles. The van der Waals surface area contributed by atoms with Crippen LogP contribution in [0.2, 0.25) is 0 Å². The summed E-state index contributed by atoms with van der Waals surface area (Å²) in [6, 6.07) is 2.80. The number of carbonyl (C=O) groups is 1. The fourth-order valence-corrected chi connectivity index (χ4v) is 1.36. The van der Waals surface area contributed by atoms with Gasteiger partial charge in [0.25, 0.3) is 0 Å². The Kier molecular flexibility index (Phi) is 5.42. The maximum atomic E-state index is 10.7. The van der Waals surface area contributed by atoms with Gasteiger partial charge < -0.3 is 9.47 Å². The van der Waals surface area contributed by atoms with Gasteiger partial charge in [0.2, 0.25) is 0 Å². The maximum absolute atomic E-state index is 10.7. The normalized spacial score (nSPS) is 9.76. The minimum Gasteiger partial charge on any atom is -0.493 e. The quantitative estimate of drug-likeness (QED) is 0.326. The molecule has 1 aromatic rings. The molecule has 0 saturated carbocycles. The first-order chi connectivity index (χ1) is 8.26. The molecule has 0 radical (unpaired) electrons. The number of rotatable bonds is 7. The second kappa shape index (κ2) is 6.85. The van der Waals surface area contributed by atoms with E-state index in [-0.39, 0.29) is 11.3 Å². The molecule has 0 spiro atoms. The van der Waals surface area contributed by atoms with Gasteiger partial charge in [-0.25, -0.2) is 0 Å². The number of halogens is 1. The summed E-state index contributed by atoms with van der Waals surface area (Å²) < 4.78 is 10.4. The van der Waals surface area contributed by atoms with Crippen molar-refractivity contribution >= 4 is 23.6 Å². The van der Waals surface area contributed by atoms with Gasteiger partial charge in [0.1, 0.15) is 5.69 Å². The molecular formula is C11H12ClNO4. The predicted octanol–water partition coefficient (Wildman–Crippen LogP) is 2.91. The van der Waals surface area contributed by atoms with Crippen LogP contribution in [-0.2, 0) is 0 Å². The lowest BCUT2D eigenvalue weighted by atomic mass is 10.2. The smallest absolute Gasteiger partial charge is 0.163 e. The largest absolute Gasteiger partial charge is 0.493 e. The van der Waals surface area contributed by atoms with Crippen molar-refractivity contribution in [2.24, 2.45) is 5.18 Å². The standard InChI is InChI=1S/C11H12ClNO4/c1-16-10-5-8(7-14)9(13-15)6-11(10)17-4-2-3-12/h5-7H,2-4H2,1H3. The lowest BCUT2D eigenvalue weighted by Crippen LogP contribution is -2.00. The number of benzene rings is 1. The number of alkyl halides is 1. The van der Waals surface area contributed by atoms with Crippen LogP contribution < -0.4 is 9.47 Å². The first-order valence-corrected chi connectivity index (χ1v) is 5.49. The molecule has 0 amide bonds. The Hall–Kier alpha value is -1.62. The van der Waals surface area contributed by atoms with Gasteiger partial charge in [-0.2, -0.15) is 0 Å².